The number of hydrogen-bond acceptors (Lipinski definition) is 4. The lowest BCUT2D eigenvalue weighted by Crippen LogP contribution is -2.25. The van der Waals surface area contributed by atoms with Crippen LogP contribution < -0.4 is 5.32 Å². The van der Waals surface area contributed by atoms with Gasteiger partial charge in [0.05, 0.1) is 12.7 Å². The van der Waals surface area contributed by atoms with Crippen molar-refractivity contribution >= 4 is 26.0 Å². The summed E-state index contributed by atoms with van der Waals surface area (Å²) in [6, 6.07) is 6.32. The van der Waals surface area contributed by atoms with Crippen molar-refractivity contribution in [2.75, 3.05) is 20.2 Å². The van der Waals surface area contributed by atoms with Gasteiger partial charge >= 0.3 is 15.6 Å². The molecule has 22 heavy (non-hydrogen) atoms. The molecule has 0 fully saturated rings. The standard InChI is InChI=1S/C11H14BrNO.CHF3O3S/c1-13-7-11-9-3-2-4-10(12)8(9)5-6-14-11;2-1(3,4)8(5,6)7/h2-4,11,13H,5-7H2,1H3;(H,5,6,7). The van der Waals surface area contributed by atoms with Gasteiger partial charge in [0.2, 0.25) is 0 Å². The van der Waals surface area contributed by atoms with E-state index in [2.05, 4.69) is 39.4 Å². The van der Waals surface area contributed by atoms with Crippen LogP contribution >= 0.6 is 15.9 Å². The van der Waals surface area contributed by atoms with Crippen LogP contribution in [-0.4, -0.2) is 38.7 Å². The smallest absolute Gasteiger partial charge is 0.372 e. The van der Waals surface area contributed by atoms with Crippen molar-refractivity contribution < 1.29 is 30.9 Å². The second kappa shape index (κ2) is 7.73. The van der Waals surface area contributed by atoms with Crippen LogP contribution in [0.1, 0.15) is 17.2 Å². The van der Waals surface area contributed by atoms with Crippen LogP contribution in [0.5, 0.6) is 0 Å². The Bertz CT molecular complexity index is 607. The van der Waals surface area contributed by atoms with E-state index in [4.69, 9.17) is 17.7 Å². The van der Waals surface area contributed by atoms with Crippen LogP contribution in [0.15, 0.2) is 22.7 Å². The van der Waals surface area contributed by atoms with Crippen LogP contribution in [0.4, 0.5) is 13.2 Å². The SMILES string of the molecule is CNCC1OCCc2c(Br)cccc21.O=S(=O)(O)C(F)(F)F. The highest BCUT2D eigenvalue weighted by molar-refractivity contribution is 9.10. The first-order valence-corrected chi connectivity index (χ1v) is 8.38. The van der Waals surface area contributed by atoms with Gasteiger partial charge in [0, 0.05) is 11.0 Å². The van der Waals surface area contributed by atoms with Crippen molar-refractivity contribution in [2.45, 2.75) is 18.0 Å². The summed E-state index contributed by atoms with van der Waals surface area (Å²) < 4.78 is 64.5. The van der Waals surface area contributed by atoms with Gasteiger partial charge < -0.3 is 10.1 Å². The molecule has 1 atom stereocenters. The molecular weight excluding hydrogens is 391 g/mol. The van der Waals surface area contributed by atoms with Gasteiger partial charge in [0.1, 0.15) is 0 Å². The Morgan fingerprint density at radius 3 is 2.55 bits per heavy atom. The molecule has 10 heteroatoms. The van der Waals surface area contributed by atoms with Crippen LogP contribution in [-0.2, 0) is 21.3 Å². The van der Waals surface area contributed by atoms with Gasteiger partial charge in [0.15, 0.2) is 0 Å². The maximum atomic E-state index is 10.7. The fraction of sp³-hybridized carbons (Fsp3) is 0.500. The molecule has 0 bridgehead atoms. The molecular formula is C12H15BrF3NO4S. The fourth-order valence-electron chi connectivity index (χ4n) is 1.89. The average Bonchev–Trinajstić information content (AvgIpc) is 2.39. The molecule has 0 saturated carbocycles. The predicted molar refractivity (Wildman–Crippen MR) is 78.1 cm³/mol. The van der Waals surface area contributed by atoms with E-state index in [1.165, 1.54) is 15.6 Å². The summed E-state index contributed by atoms with van der Waals surface area (Å²) in [5, 5.41) is 3.16. The molecule has 0 saturated heterocycles. The summed E-state index contributed by atoms with van der Waals surface area (Å²) in [7, 11) is -3.89. The molecule has 0 aliphatic carbocycles. The van der Waals surface area contributed by atoms with Gasteiger partial charge in [-0.05, 0) is 30.7 Å². The van der Waals surface area contributed by atoms with E-state index in [-0.39, 0.29) is 6.10 Å². The molecule has 126 valence electrons. The summed E-state index contributed by atoms with van der Waals surface area (Å²) in [6.45, 7) is 1.70. The molecule has 1 aliphatic heterocycles. The molecule has 1 unspecified atom stereocenters. The minimum Gasteiger partial charge on any atom is -0.372 e. The third kappa shape index (κ3) is 5.20. The molecule has 2 rings (SSSR count). The maximum Gasteiger partial charge on any atom is 0.522 e. The number of rotatable bonds is 2. The molecule has 5 nitrogen and oxygen atoms in total. The summed E-state index contributed by atoms with van der Waals surface area (Å²) >= 11 is 3.58. The van der Waals surface area contributed by atoms with Crippen molar-refractivity contribution in [2.24, 2.45) is 0 Å². The zero-order valence-electron chi connectivity index (χ0n) is 11.5. The summed E-state index contributed by atoms with van der Waals surface area (Å²) in [5.41, 5.74) is -2.81. The van der Waals surface area contributed by atoms with Crippen LogP contribution in [0.2, 0.25) is 0 Å². The number of hydrogen-bond donors (Lipinski definition) is 2. The van der Waals surface area contributed by atoms with Crippen molar-refractivity contribution in [3.05, 3.63) is 33.8 Å². The fourth-order valence-corrected chi connectivity index (χ4v) is 2.47. The van der Waals surface area contributed by atoms with Gasteiger partial charge in [-0.1, -0.05) is 28.1 Å². The summed E-state index contributed by atoms with van der Waals surface area (Å²) in [4.78, 5) is 0. The number of alkyl halides is 3. The second-order valence-corrected chi connectivity index (χ2v) is 6.66. The predicted octanol–water partition coefficient (Wildman–Crippen LogP) is 2.68. The average molecular weight is 406 g/mol. The Hall–Kier alpha value is -0.680. The van der Waals surface area contributed by atoms with E-state index >= 15 is 0 Å². The normalized spacial score (nSPS) is 18.2. The van der Waals surface area contributed by atoms with E-state index < -0.39 is 15.6 Å². The Labute approximate surface area is 134 Å². The Kier molecular flexibility index (Phi) is 6.81. The highest BCUT2D eigenvalue weighted by Gasteiger charge is 2.44. The first-order valence-electron chi connectivity index (χ1n) is 6.15. The number of fused-ring (bicyclic) bond motifs is 1. The van der Waals surface area contributed by atoms with E-state index in [0.29, 0.717) is 0 Å². The second-order valence-electron chi connectivity index (χ2n) is 4.40. The number of halogens is 4. The van der Waals surface area contributed by atoms with Crippen molar-refractivity contribution in [1.29, 1.82) is 0 Å². The zero-order chi connectivity index (χ0) is 17.0. The zero-order valence-corrected chi connectivity index (χ0v) is 13.9. The lowest BCUT2D eigenvalue weighted by atomic mass is 9.97. The molecule has 0 amide bonds. The molecule has 2 N–H and O–H groups in total. The van der Waals surface area contributed by atoms with Gasteiger partial charge in [0.25, 0.3) is 0 Å². The van der Waals surface area contributed by atoms with Crippen LogP contribution in [0, 0.1) is 0 Å². The molecule has 1 aromatic rings. The lowest BCUT2D eigenvalue weighted by molar-refractivity contribution is -0.0510. The Balaban J connectivity index is 0.000000261. The van der Waals surface area contributed by atoms with Crippen molar-refractivity contribution in [1.82, 2.24) is 5.32 Å². The molecule has 1 aromatic carbocycles. The molecule has 0 radical (unpaired) electrons. The van der Waals surface area contributed by atoms with E-state index in [1.54, 1.807) is 0 Å². The third-order valence-electron chi connectivity index (χ3n) is 2.86. The maximum absolute atomic E-state index is 10.7. The lowest BCUT2D eigenvalue weighted by Gasteiger charge is -2.26. The highest BCUT2D eigenvalue weighted by atomic mass is 79.9. The number of nitrogens with one attached hydrogen (secondary N) is 1. The molecule has 1 aliphatic rings. The Morgan fingerprint density at radius 1 is 1.45 bits per heavy atom. The Morgan fingerprint density at radius 2 is 2.05 bits per heavy atom. The van der Waals surface area contributed by atoms with E-state index in [0.717, 1.165) is 19.6 Å². The topological polar surface area (TPSA) is 75.6 Å². The van der Waals surface area contributed by atoms with E-state index in [9.17, 15) is 13.2 Å². The van der Waals surface area contributed by atoms with Crippen LogP contribution in [0.25, 0.3) is 0 Å². The van der Waals surface area contributed by atoms with Crippen molar-refractivity contribution in [3.63, 3.8) is 0 Å². The van der Waals surface area contributed by atoms with Gasteiger partial charge in [-0.2, -0.15) is 21.6 Å². The quantitative estimate of drug-likeness (QED) is 0.584. The summed E-state index contributed by atoms with van der Waals surface area (Å²) in [6.07, 6.45) is 1.22. The third-order valence-corrected chi connectivity index (χ3v) is 4.18. The number of ether oxygens (including phenoxy) is 1. The minimum absolute atomic E-state index is 0.209. The first-order chi connectivity index (χ1) is 10.1. The first kappa shape index (κ1) is 19.4. The van der Waals surface area contributed by atoms with Crippen LogP contribution in [0.3, 0.4) is 0 Å². The highest BCUT2D eigenvalue weighted by Crippen LogP contribution is 2.31. The van der Waals surface area contributed by atoms with Gasteiger partial charge in [-0.25, -0.2) is 0 Å². The number of likely N-dealkylation sites (N-methyl/N-ethyl adjacent to an activating group) is 1. The van der Waals surface area contributed by atoms with E-state index in [1.807, 2.05) is 7.05 Å². The largest absolute Gasteiger partial charge is 0.522 e. The number of benzene rings is 1. The molecule has 0 aromatic heterocycles. The minimum atomic E-state index is -5.84. The van der Waals surface area contributed by atoms with Gasteiger partial charge in [-0.15, -0.1) is 0 Å². The van der Waals surface area contributed by atoms with Crippen molar-refractivity contribution in [3.8, 4) is 0 Å². The molecule has 1 heterocycles. The molecule has 0 spiro atoms. The van der Waals surface area contributed by atoms with Gasteiger partial charge in [-0.3, -0.25) is 4.55 Å². The monoisotopic (exact) mass is 405 g/mol. The summed E-state index contributed by atoms with van der Waals surface area (Å²) in [5.74, 6) is 0.